The molecular formula is C16H18Cl2Zr. The Labute approximate surface area is 139 Å². The summed E-state index contributed by atoms with van der Waals surface area (Å²) in [5, 5.41) is 0. The quantitative estimate of drug-likeness (QED) is 0.516. The second-order valence-electron chi connectivity index (χ2n) is 6.13. The van der Waals surface area contributed by atoms with Crippen LogP contribution < -0.4 is 24.8 Å². The summed E-state index contributed by atoms with van der Waals surface area (Å²) >= 11 is -0.484. The first-order valence-corrected chi connectivity index (χ1v) is 9.27. The topological polar surface area (TPSA) is 0 Å². The summed E-state index contributed by atoms with van der Waals surface area (Å²) < 4.78 is 1.10. The minimum Gasteiger partial charge on any atom is -1.00 e. The molecule has 4 bridgehead atoms. The molecule has 19 heavy (non-hydrogen) atoms. The number of hydrogen-bond donors (Lipinski definition) is 0. The predicted molar refractivity (Wildman–Crippen MR) is 67.4 cm³/mol. The van der Waals surface area contributed by atoms with Gasteiger partial charge >= 0.3 is 116 Å². The maximum Gasteiger partial charge on any atom is -1.00 e. The molecule has 0 fully saturated rings. The van der Waals surface area contributed by atoms with Crippen LogP contribution in [0.5, 0.6) is 0 Å². The van der Waals surface area contributed by atoms with Gasteiger partial charge in [-0.15, -0.1) is 0 Å². The van der Waals surface area contributed by atoms with Crippen molar-refractivity contribution < 1.29 is 48.0 Å². The average Bonchev–Trinajstić information content (AvgIpc) is 2.77. The van der Waals surface area contributed by atoms with Gasteiger partial charge in [-0.3, -0.25) is 0 Å². The molecule has 4 unspecified atom stereocenters. The van der Waals surface area contributed by atoms with Crippen LogP contribution in [0.3, 0.4) is 0 Å². The largest absolute Gasteiger partial charge is 1.00 e. The second kappa shape index (κ2) is 5.66. The molecule has 0 saturated carbocycles. The Morgan fingerprint density at radius 1 is 0.737 bits per heavy atom. The van der Waals surface area contributed by atoms with Gasteiger partial charge in [-0.25, -0.2) is 0 Å². The third-order valence-electron chi connectivity index (χ3n) is 4.71. The van der Waals surface area contributed by atoms with Crippen molar-refractivity contribution in [2.24, 2.45) is 11.8 Å². The normalized spacial score (nSPS) is 43.6. The molecule has 0 N–H and O–H groups in total. The molecule has 4 aliphatic carbocycles. The number of allylic oxidation sites excluding steroid dienone is 8. The molecule has 100 valence electrons. The molecule has 0 radical (unpaired) electrons. The Balaban J connectivity index is 0.000000667. The Morgan fingerprint density at radius 3 is 1.68 bits per heavy atom. The van der Waals surface area contributed by atoms with Crippen LogP contribution in [0.25, 0.3) is 0 Å². The summed E-state index contributed by atoms with van der Waals surface area (Å²) in [6, 6.07) is 0. The van der Waals surface area contributed by atoms with Crippen LogP contribution in [0.15, 0.2) is 48.6 Å². The zero-order valence-corrected chi connectivity index (χ0v) is 14.8. The molecule has 0 saturated heterocycles. The van der Waals surface area contributed by atoms with E-state index in [2.05, 4.69) is 48.6 Å². The molecule has 3 heteroatoms. The van der Waals surface area contributed by atoms with Crippen LogP contribution in [-0.2, 0) is 23.2 Å². The third-order valence-corrected chi connectivity index (χ3v) is 9.64. The number of fused-ring (bicyclic) bond motifs is 4. The molecule has 4 rings (SSSR count). The summed E-state index contributed by atoms with van der Waals surface area (Å²) in [6.45, 7) is 0. The third kappa shape index (κ3) is 2.76. The van der Waals surface area contributed by atoms with Gasteiger partial charge in [0.15, 0.2) is 0 Å². The van der Waals surface area contributed by atoms with E-state index in [1.807, 2.05) is 0 Å². The molecule has 0 amide bonds. The van der Waals surface area contributed by atoms with E-state index in [1.54, 1.807) is 0 Å². The first-order valence-electron chi connectivity index (χ1n) is 6.81. The fourth-order valence-electron chi connectivity index (χ4n) is 3.93. The summed E-state index contributed by atoms with van der Waals surface area (Å²) in [7, 11) is 0. The van der Waals surface area contributed by atoms with Gasteiger partial charge in [-0.2, -0.15) is 0 Å². The molecule has 0 aromatic heterocycles. The zero-order valence-electron chi connectivity index (χ0n) is 10.9. The molecule has 0 nitrogen and oxygen atoms in total. The van der Waals surface area contributed by atoms with Crippen LogP contribution in [0.4, 0.5) is 0 Å². The second-order valence-corrected chi connectivity index (χ2v) is 11.3. The van der Waals surface area contributed by atoms with E-state index in [0.29, 0.717) is 6.25 Å². The van der Waals surface area contributed by atoms with E-state index in [-0.39, 0.29) is 24.8 Å². The number of halogens is 2. The van der Waals surface area contributed by atoms with Gasteiger partial charge in [0.2, 0.25) is 0 Å². The van der Waals surface area contributed by atoms with Gasteiger partial charge in [-0.05, 0) is 0 Å². The van der Waals surface area contributed by atoms with Gasteiger partial charge in [0.25, 0.3) is 0 Å². The van der Waals surface area contributed by atoms with E-state index in [0.717, 1.165) is 11.8 Å². The minimum absolute atomic E-state index is 0. The zero-order chi connectivity index (χ0) is 11.3. The summed E-state index contributed by atoms with van der Waals surface area (Å²) in [5.41, 5.74) is 0. The fraction of sp³-hybridized carbons (Fsp3) is 0.500. The summed E-state index contributed by atoms with van der Waals surface area (Å²) in [6.07, 6.45) is 25.6. The first kappa shape index (κ1) is 15.8. The van der Waals surface area contributed by atoms with Crippen LogP contribution in [0, 0.1) is 11.8 Å². The van der Waals surface area contributed by atoms with E-state index in [9.17, 15) is 0 Å². The summed E-state index contributed by atoms with van der Waals surface area (Å²) in [4.78, 5) is 0. The van der Waals surface area contributed by atoms with Crippen LogP contribution in [0.1, 0.15) is 25.7 Å². The Morgan fingerprint density at radius 2 is 1.21 bits per heavy atom. The number of rotatable bonds is 2. The summed E-state index contributed by atoms with van der Waals surface area (Å²) in [5.74, 6) is 1.73. The van der Waals surface area contributed by atoms with Crippen molar-refractivity contribution >= 4 is 0 Å². The molecule has 4 atom stereocenters. The minimum atomic E-state index is -0.484. The Bertz CT molecular complexity index is 415. The smallest absolute Gasteiger partial charge is 1.00 e. The monoisotopic (exact) mass is 370 g/mol. The molecule has 0 aromatic rings. The van der Waals surface area contributed by atoms with Crippen molar-refractivity contribution in [3.8, 4) is 0 Å². The van der Waals surface area contributed by atoms with Gasteiger partial charge in [0, 0.05) is 0 Å². The maximum atomic E-state index is 2.58. The fourth-order valence-corrected chi connectivity index (χ4v) is 9.73. The molecule has 0 heterocycles. The van der Waals surface area contributed by atoms with Gasteiger partial charge in [-0.1, -0.05) is 0 Å². The van der Waals surface area contributed by atoms with Crippen LogP contribution in [-0.4, -0.2) is 0 Å². The van der Waals surface area contributed by atoms with Gasteiger partial charge < -0.3 is 24.8 Å². The van der Waals surface area contributed by atoms with Crippen molar-refractivity contribution in [2.75, 3.05) is 0 Å². The molecular weight excluding hydrogens is 354 g/mol. The van der Waals surface area contributed by atoms with Crippen LogP contribution in [0.2, 0.25) is 6.25 Å². The maximum absolute atomic E-state index is 2.58. The van der Waals surface area contributed by atoms with Crippen molar-refractivity contribution in [3.63, 3.8) is 0 Å². The standard InChI is InChI=1S/2C8H9.2ClH.Zr/c2*1-2-7-4-5-8(3-1)6-7;;;/h2*1-2,4-5,8H,3,6H2;2*1H;/q;;;;+2/p-2. The van der Waals surface area contributed by atoms with Crippen molar-refractivity contribution in [1.29, 1.82) is 0 Å². The SMILES string of the molecule is C1=C[C]2([Zr+2][C]34C=CCC(C=C3)C4)C=CC(C1)C2.[Cl-].[Cl-]. The van der Waals surface area contributed by atoms with E-state index in [1.165, 1.54) is 25.7 Å². The Hall–Kier alpha value is 0.423. The first-order chi connectivity index (χ1) is 8.28. The van der Waals surface area contributed by atoms with Gasteiger partial charge in [0.1, 0.15) is 0 Å². The van der Waals surface area contributed by atoms with Crippen molar-refractivity contribution in [1.82, 2.24) is 0 Å². The predicted octanol–water partition coefficient (Wildman–Crippen LogP) is -1.53. The average molecular weight is 372 g/mol. The molecule has 0 spiro atoms. The molecule has 0 aromatic carbocycles. The number of hydrogen-bond acceptors (Lipinski definition) is 0. The van der Waals surface area contributed by atoms with E-state index >= 15 is 0 Å². The van der Waals surface area contributed by atoms with E-state index in [4.69, 9.17) is 0 Å². The molecule has 0 aliphatic heterocycles. The van der Waals surface area contributed by atoms with Crippen molar-refractivity contribution in [3.05, 3.63) is 48.6 Å². The van der Waals surface area contributed by atoms with Gasteiger partial charge in [0.05, 0.1) is 0 Å². The van der Waals surface area contributed by atoms with Crippen molar-refractivity contribution in [2.45, 2.75) is 31.9 Å². The molecule has 4 aliphatic rings. The van der Waals surface area contributed by atoms with E-state index < -0.39 is 23.2 Å². The van der Waals surface area contributed by atoms with Crippen LogP contribution >= 0.6 is 0 Å². The Kier molecular flexibility index (Phi) is 4.71.